The second-order valence-electron chi connectivity index (χ2n) is 5.98. The van der Waals surface area contributed by atoms with Crippen molar-refractivity contribution in [3.8, 4) is 5.75 Å². The van der Waals surface area contributed by atoms with Crippen LogP contribution in [0.2, 0.25) is 5.02 Å². The van der Waals surface area contributed by atoms with E-state index in [0.717, 1.165) is 11.3 Å². The smallest absolute Gasteiger partial charge is 0.274 e. The van der Waals surface area contributed by atoms with Gasteiger partial charge in [0.1, 0.15) is 23.1 Å². The Morgan fingerprint density at radius 2 is 1.78 bits per heavy atom. The van der Waals surface area contributed by atoms with Crippen molar-refractivity contribution in [1.82, 2.24) is 9.97 Å². The summed E-state index contributed by atoms with van der Waals surface area (Å²) in [4.78, 5) is 21.2. The van der Waals surface area contributed by atoms with E-state index in [4.69, 9.17) is 16.3 Å². The molecule has 2 N–H and O–H groups in total. The van der Waals surface area contributed by atoms with E-state index < -0.39 is 0 Å². The van der Waals surface area contributed by atoms with E-state index in [1.54, 1.807) is 31.2 Å². The maximum absolute atomic E-state index is 12.7. The van der Waals surface area contributed by atoms with E-state index >= 15 is 0 Å². The first-order valence-electron chi connectivity index (χ1n) is 8.29. The summed E-state index contributed by atoms with van der Waals surface area (Å²) < 4.78 is 5.25. The van der Waals surface area contributed by atoms with E-state index in [1.807, 2.05) is 31.2 Å². The van der Waals surface area contributed by atoms with Crippen molar-refractivity contribution in [3.63, 3.8) is 0 Å². The van der Waals surface area contributed by atoms with Crippen LogP contribution in [0.3, 0.4) is 0 Å². The maximum Gasteiger partial charge on any atom is 0.274 e. The van der Waals surface area contributed by atoms with Gasteiger partial charge in [0, 0.05) is 16.8 Å². The van der Waals surface area contributed by atoms with Crippen LogP contribution in [0.4, 0.5) is 17.2 Å². The Balaban J connectivity index is 1.84. The zero-order valence-corrected chi connectivity index (χ0v) is 16.0. The van der Waals surface area contributed by atoms with Gasteiger partial charge in [0.05, 0.1) is 12.8 Å². The lowest BCUT2D eigenvalue weighted by atomic mass is 10.2. The molecule has 138 valence electrons. The van der Waals surface area contributed by atoms with Crippen molar-refractivity contribution in [2.75, 3.05) is 17.7 Å². The summed E-state index contributed by atoms with van der Waals surface area (Å²) in [5.41, 5.74) is 2.75. The highest BCUT2D eigenvalue weighted by Gasteiger charge is 2.14. The SMILES string of the molecule is COc1ccc(Cl)cc1NC(=O)c1cc(Nc2ccc(C)cc2)nc(C)n1. The highest BCUT2D eigenvalue weighted by Crippen LogP contribution is 2.28. The van der Waals surface area contributed by atoms with Gasteiger partial charge >= 0.3 is 0 Å². The Hall–Kier alpha value is -3.12. The minimum Gasteiger partial charge on any atom is -0.495 e. The fourth-order valence-electron chi connectivity index (χ4n) is 2.50. The molecule has 0 fully saturated rings. The molecule has 0 aliphatic rings. The molecule has 0 unspecified atom stereocenters. The predicted molar refractivity (Wildman–Crippen MR) is 107 cm³/mol. The van der Waals surface area contributed by atoms with Crippen molar-refractivity contribution < 1.29 is 9.53 Å². The molecule has 1 heterocycles. The first-order chi connectivity index (χ1) is 12.9. The van der Waals surface area contributed by atoms with Gasteiger partial charge in [0.15, 0.2) is 0 Å². The van der Waals surface area contributed by atoms with Gasteiger partial charge in [-0.2, -0.15) is 0 Å². The molecule has 3 rings (SSSR count). The van der Waals surface area contributed by atoms with Crippen molar-refractivity contribution in [2.24, 2.45) is 0 Å². The third-order valence-electron chi connectivity index (χ3n) is 3.80. The fourth-order valence-corrected chi connectivity index (χ4v) is 2.67. The molecule has 1 aromatic heterocycles. The monoisotopic (exact) mass is 382 g/mol. The van der Waals surface area contributed by atoms with E-state index in [9.17, 15) is 4.79 Å². The van der Waals surface area contributed by atoms with E-state index in [2.05, 4.69) is 20.6 Å². The average Bonchev–Trinajstić information content (AvgIpc) is 2.63. The lowest BCUT2D eigenvalue weighted by molar-refractivity contribution is 0.102. The van der Waals surface area contributed by atoms with Gasteiger partial charge in [-0.05, 0) is 44.2 Å². The van der Waals surface area contributed by atoms with Crippen LogP contribution in [0.15, 0.2) is 48.5 Å². The Kier molecular flexibility index (Phi) is 5.57. The lowest BCUT2D eigenvalue weighted by Gasteiger charge is -2.12. The quantitative estimate of drug-likeness (QED) is 0.665. The van der Waals surface area contributed by atoms with Crippen LogP contribution >= 0.6 is 11.6 Å². The highest BCUT2D eigenvalue weighted by atomic mass is 35.5. The predicted octanol–water partition coefficient (Wildman–Crippen LogP) is 4.75. The zero-order chi connectivity index (χ0) is 19.4. The topological polar surface area (TPSA) is 76.1 Å². The number of carbonyl (C=O) groups excluding carboxylic acids is 1. The number of benzene rings is 2. The number of nitrogens with zero attached hydrogens (tertiary/aromatic N) is 2. The van der Waals surface area contributed by atoms with Gasteiger partial charge in [-0.15, -0.1) is 0 Å². The molecule has 27 heavy (non-hydrogen) atoms. The number of methoxy groups -OCH3 is 1. The number of aryl methyl sites for hydroxylation is 2. The zero-order valence-electron chi connectivity index (χ0n) is 15.2. The van der Waals surface area contributed by atoms with Crippen LogP contribution in [-0.2, 0) is 0 Å². The minimum absolute atomic E-state index is 0.235. The van der Waals surface area contributed by atoms with Crippen molar-refractivity contribution in [2.45, 2.75) is 13.8 Å². The Morgan fingerprint density at radius 3 is 2.48 bits per heavy atom. The normalized spacial score (nSPS) is 10.4. The lowest BCUT2D eigenvalue weighted by Crippen LogP contribution is -2.16. The standard InChI is InChI=1S/C20H19ClN4O2/c1-12-4-7-15(8-5-12)24-19-11-17(22-13(2)23-19)20(26)25-16-10-14(21)6-9-18(16)27-3/h4-11H,1-3H3,(H,25,26)(H,22,23,24). The summed E-state index contributed by atoms with van der Waals surface area (Å²) in [6.45, 7) is 3.75. The van der Waals surface area contributed by atoms with Crippen LogP contribution in [-0.4, -0.2) is 23.0 Å². The number of carbonyl (C=O) groups is 1. The minimum atomic E-state index is -0.381. The number of anilines is 3. The van der Waals surface area contributed by atoms with E-state index in [0.29, 0.717) is 28.1 Å². The third kappa shape index (κ3) is 4.74. The summed E-state index contributed by atoms with van der Waals surface area (Å²) in [6.07, 6.45) is 0. The number of nitrogens with one attached hydrogen (secondary N) is 2. The van der Waals surface area contributed by atoms with Crippen LogP contribution in [0.25, 0.3) is 0 Å². The molecule has 0 radical (unpaired) electrons. The Labute approximate surface area is 162 Å². The summed E-state index contributed by atoms with van der Waals surface area (Å²) in [5.74, 6) is 1.15. The molecule has 0 aliphatic carbocycles. The largest absolute Gasteiger partial charge is 0.495 e. The first kappa shape index (κ1) is 18.7. The second-order valence-corrected chi connectivity index (χ2v) is 6.41. The number of rotatable bonds is 5. The molecule has 0 saturated heterocycles. The van der Waals surface area contributed by atoms with Gasteiger partial charge in [-0.25, -0.2) is 9.97 Å². The third-order valence-corrected chi connectivity index (χ3v) is 4.04. The molecular formula is C20H19ClN4O2. The van der Waals surface area contributed by atoms with Crippen LogP contribution in [0.5, 0.6) is 5.75 Å². The van der Waals surface area contributed by atoms with E-state index in [1.165, 1.54) is 7.11 Å². The van der Waals surface area contributed by atoms with Gasteiger partial charge in [0.25, 0.3) is 5.91 Å². The molecular weight excluding hydrogens is 364 g/mol. The number of aromatic nitrogens is 2. The van der Waals surface area contributed by atoms with Crippen LogP contribution in [0, 0.1) is 13.8 Å². The van der Waals surface area contributed by atoms with Gasteiger partial charge in [-0.3, -0.25) is 4.79 Å². The number of ether oxygens (including phenoxy) is 1. The number of hydrogen-bond donors (Lipinski definition) is 2. The maximum atomic E-state index is 12.7. The molecule has 0 bridgehead atoms. The molecule has 0 aliphatic heterocycles. The summed E-state index contributed by atoms with van der Waals surface area (Å²) in [5, 5.41) is 6.46. The summed E-state index contributed by atoms with van der Waals surface area (Å²) in [6, 6.07) is 14.5. The molecule has 2 aromatic carbocycles. The molecule has 3 aromatic rings. The summed E-state index contributed by atoms with van der Waals surface area (Å²) in [7, 11) is 1.53. The van der Waals surface area contributed by atoms with Gasteiger partial charge in [-0.1, -0.05) is 29.3 Å². The number of hydrogen-bond acceptors (Lipinski definition) is 5. The van der Waals surface area contributed by atoms with Crippen molar-refractivity contribution in [3.05, 3.63) is 70.6 Å². The first-order valence-corrected chi connectivity index (χ1v) is 8.66. The summed E-state index contributed by atoms with van der Waals surface area (Å²) >= 11 is 6.01. The average molecular weight is 383 g/mol. The van der Waals surface area contributed by atoms with Crippen molar-refractivity contribution in [1.29, 1.82) is 0 Å². The number of halogens is 1. The van der Waals surface area contributed by atoms with Gasteiger partial charge in [0.2, 0.25) is 0 Å². The molecule has 6 nitrogen and oxygen atoms in total. The fraction of sp³-hybridized carbons (Fsp3) is 0.150. The highest BCUT2D eigenvalue weighted by molar-refractivity contribution is 6.31. The molecule has 0 spiro atoms. The van der Waals surface area contributed by atoms with Crippen molar-refractivity contribution >= 4 is 34.7 Å². The second kappa shape index (κ2) is 8.05. The Bertz CT molecular complexity index is 974. The number of amides is 1. The molecule has 7 heteroatoms. The van der Waals surface area contributed by atoms with Gasteiger partial charge < -0.3 is 15.4 Å². The van der Waals surface area contributed by atoms with Crippen LogP contribution < -0.4 is 15.4 Å². The van der Waals surface area contributed by atoms with E-state index in [-0.39, 0.29) is 11.6 Å². The molecule has 0 saturated carbocycles. The van der Waals surface area contributed by atoms with Crippen LogP contribution in [0.1, 0.15) is 21.9 Å². The molecule has 0 atom stereocenters. The Morgan fingerprint density at radius 1 is 1.04 bits per heavy atom. The molecule has 1 amide bonds.